The van der Waals surface area contributed by atoms with Gasteiger partial charge < -0.3 is 9.47 Å². The Hall–Kier alpha value is -3.28. The van der Waals surface area contributed by atoms with Gasteiger partial charge in [0.1, 0.15) is 0 Å². The van der Waals surface area contributed by atoms with Crippen LogP contribution in [0.15, 0.2) is 54.6 Å². The Kier molecular flexibility index (Phi) is 7.83. The Labute approximate surface area is 171 Å². The van der Waals surface area contributed by atoms with Crippen molar-refractivity contribution in [1.29, 1.82) is 0 Å². The number of amides is 2. The zero-order valence-corrected chi connectivity index (χ0v) is 17.3. The van der Waals surface area contributed by atoms with Gasteiger partial charge in [-0.25, -0.2) is 0 Å². The second kappa shape index (κ2) is 10.3. The van der Waals surface area contributed by atoms with E-state index in [1.54, 1.807) is 24.3 Å². The minimum Gasteiger partial charge on any atom is -0.490 e. The lowest BCUT2D eigenvalue weighted by atomic mass is 9.87. The first kappa shape index (κ1) is 22.0. The van der Waals surface area contributed by atoms with Gasteiger partial charge in [0.25, 0.3) is 11.8 Å². The van der Waals surface area contributed by atoms with E-state index in [0.29, 0.717) is 18.1 Å². The van der Waals surface area contributed by atoms with Gasteiger partial charge in [0.2, 0.25) is 0 Å². The molecule has 0 spiro atoms. The topological polar surface area (TPSA) is 76.7 Å². The molecule has 2 N–H and O–H groups in total. The summed E-state index contributed by atoms with van der Waals surface area (Å²) < 4.78 is 10.9. The number of nitrogens with one attached hydrogen (secondary N) is 2. The molecule has 6 heteroatoms. The van der Waals surface area contributed by atoms with Gasteiger partial charge in [-0.15, -0.1) is 0 Å². The predicted molar refractivity (Wildman–Crippen MR) is 114 cm³/mol. The molecule has 0 heterocycles. The van der Waals surface area contributed by atoms with E-state index >= 15 is 0 Å². The highest BCUT2D eigenvalue weighted by atomic mass is 16.5. The molecule has 0 saturated carbocycles. The Morgan fingerprint density at radius 1 is 0.931 bits per heavy atom. The Morgan fingerprint density at radius 3 is 2.14 bits per heavy atom. The van der Waals surface area contributed by atoms with E-state index in [0.717, 1.165) is 5.56 Å². The molecule has 154 valence electrons. The van der Waals surface area contributed by atoms with Crippen LogP contribution in [0.3, 0.4) is 0 Å². The molecule has 0 aromatic heterocycles. The average molecular weight is 396 g/mol. The van der Waals surface area contributed by atoms with Crippen molar-refractivity contribution in [2.75, 3.05) is 13.2 Å². The van der Waals surface area contributed by atoms with Crippen LogP contribution in [0.4, 0.5) is 0 Å². The van der Waals surface area contributed by atoms with Crippen LogP contribution >= 0.6 is 0 Å². The van der Waals surface area contributed by atoms with Gasteiger partial charge in [0.15, 0.2) is 18.1 Å². The van der Waals surface area contributed by atoms with Crippen molar-refractivity contribution in [1.82, 2.24) is 10.9 Å². The first-order valence-corrected chi connectivity index (χ1v) is 9.51. The summed E-state index contributed by atoms with van der Waals surface area (Å²) in [5.74, 6) is 0.113. The number of carbonyl (C=O) groups is 2. The summed E-state index contributed by atoms with van der Waals surface area (Å²) in [6, 6.07) is 15.1. The number of hydrogen-bond acceptors (Lipinski definition) is 4. The van der Waals surface area contributed by atoms with E-state index in [-0.39, 0.29) is 12.0 Å². The second-order valence-electron chi connectivity index (χ2n) is 7.41. The maximum atomic E-state index is 11.9. The van der Waals surface area contributed by atoms with Crippen molar-refractivity contribution in [3.05, 3.63) is 65.7 Å². The molecular weight excluding hydrogens is 368 g/mol. The van der Waals surface area contributed by atoms with E-state index in [4.69, 9.17) is 9.47 Å². The molecule has 2 aromatic carbocycles. The van der Waals surface area contributed by atoms with Crippen molar-refractivity contribution in [3.63, 3.8) is 0 Å². The molecule has 0 saturated heterocycles. The van der Waals surface area contributed by atoms with Crippen LogP contribution in [0.5, 0.6) is 11.5 Å². The molecule has 0 aliphatic heterocycles. The lowest BCUT2D eigenvalue weighted by molar-refractivity contribution is -0.128. The quantitative estimate of drug-likeness (QED) is 0.554. The van der Waals surface area contributed by atoms with E-state index in [2.05, 4.69) is 31.6 Å². The maximum absolute atomic E-state index is 11.9. The summed E-state index contributed by atoms with van der Waals surface area (Å²) in [4.78, 5) is 23.8. The lowest BCUT2D eigenvalue weighted by Gasteiger charge is -2.18. The van der Waals surface area contributed by atoms with Crippen LogP contribution in [-0.4, -0.2) is 25.0 Å². The van der Waals surface area contributed by atoms with Gasteiger partial charge in [-0.05, 0) is 41.7 Å². The third-order valence-electron chi connectivity index (χ3n) is 4.04. The summed E-state index contributed by atoms with van der Waals surface area (Å²) >= 11 is 0. The first-order chi connectivity index (χ1) is 13.8. The fourth-order valence-electron chi connectivity index (χ4n) is 2.46. The smallest absolute Gasteiger partial charge is 0.276 e. The second-order valence-corrected chi connectivity index (χ2v) is 7.41. The molecule has 2 amide bonds. The van der Waals surface area contributed by atoms with Gasteiger partial charge in [-0.2, -0.15) is 0 Å². The molecule has 6 nitrogen and oxygen atoms in total. The molecule has 0 atom stereocenters. The van der Waals surface area contributed by atoms with Gasteiger partial charge in [-0.1, -0.05) is 57.2 Å². The van der Waals surface area contributed by atoms with E-state index in [1.807, 2.05) is 37.3 Å². The Bertz CT molecular complexity index is 852. The largest absolute Gasteiger partial charge is 0.490 e. The third kappa shape index (κ3) is 7.33. The minimum absolute atomic E-state index is 0.0785. The molecule has 2 aromatic rings. The van der Waals surface area contributed by atoms with Crippen molar-refractivity contribution >= 4 is 17.9 Å². The van der Waals surface area contributed by atoms with Crippen LogP contribution in [0.2, 0.25) is 0 Å². The zero-order valence-electron chi connectivity index (χ0n) is 17.3. The number of hydrazine groups is 1. The van der Waals surface area contributed by atoms with Crippen molar-refractivity contribution in [2.24, 2.45) is 0 Å². The fourth-order valence-corrected chi connectivity index (χ4v) is 2.46. The normalized spacial score (nSPS) is 11.2. The van der Waals surface area contributed by atoms with Crippen LogP contribution in [0.25, 0.3) is 6.08 Å². The molecule has 29 heavy (non-hydrogen) atoms. The first-order valence-electron chi connectivity index (χ1n) is 9.51. The van der Waals surface area contributed by atoms with Crippen LogP contribution in [0, 0.1) is 0 Å². The minimum atomic E-state index is -0.479. The third-order valence-corrected chi connectivity index (χ3v) is 4.04. The van der Waals surface area contributed by atoms with Crippen LogP contribution in [0.1, 0.15) is 38.8 Å². The molecule has 0 unspecified atom stereocenters. The summed E-state index contributed by atoms with van der Waals surface area (Å²) in [6.07, 6.45) is 3.04. The van der Waals surface area contributed by atoms with Crippen LogP contribution < -0.4 is 20.3 Å². The summed E-state index contributed by atoms with van der Waals surface area (Å²) in [6.45, 7) is 8.55. The zero-order chi connectivity index (χ0) is 21.3. The molecule has 0 fully saturated rings. The number of carbonyl (C=O) groups excluding carboxylic acids is 2. The molecule has 0 radical (unpaired) electrons. The van der Waals surface area contributed by atoms with E-state index < -0.39 is 11.8 Å². The van der Waals surface area contributed by atoms with Gasteiger partial charge in [0.05, 0.1) is 6.61 Å². The van der Waals surface area contributed by atoms with Crippen molar-refractivity contribution in [2.45, 2.75) is 33.1 Å². The van der Waals surface area contributed by atoms with Gasteiger partial charge in [0, 0.05) is 6.08 Å². The average Bonchev–Trinajstić information content (AvgIpc) is 2.70. The summed E-state index contributed by atoms with van der Waals surface area (Å²) in [5, 5.41) is 0. The SMILES string of the molecule is CCOc1ccccc1OCC(=O)NNC(=O)C=Cc1ccc(C(C)(C)C)cc1. The molecular formula is C23H28N2O4. The maximum Gasteiger partial charge on any atom is 0.276 e. The highest BCUT2D eigenvalue weighted by molar-refractivity contribution is 5.93. The van der Waals surface area contributed by atoms with E-state index in [9.17, 15) is 9.59 Å². The van der Waals surface area contributed by atoms with Gasteiger partial charge >= 0.3 is 0 Å². The highest BCUT2D eigenvalue weighted by Crippen LogP contribution is 2.26. The number of hydrogen-bond donors (Lipinski definition) is 2. The predicted octanol–water partition coefficient (Wildman–Crippen LogP) is 3.62. The van der Waals surface area contributed by atoms with E-state index in [1.165, 1.54) is 11.6 Å². The summed E-state index contributed by atoms with van der Waals surface area (Å²) in [5.41, 5.74) is 6.84. The molecule has 0 bridgehead atoms. The van der Waals surface area contributed by atoms with Crippen LogP contribution in [-0.2, 0) is 15.0 Å². The van der Waals surface area contributed by atoms with Crippen molar-refractivity contribution in [3.8, 4) is 11.5 Å². The standard InChI is InChI=1S/C23H28N2O4/c1-5-28-19-8-6-7-9-20(19)29-16-22(27)25-24-21(26)15-12-17-10-13-18(14-11-17)23(2,3)4/h6-15H,5,16H2,1-4H3,(H,24,26)(H,25,27). The highest BCUT2D eigenvalue weighted by Gasteiger charge is 2.12. The molecule has 0 aliphatic carbocycles. The fraction of sp³-hybridized carbons (Fsp3) is 0.304. The number of benzene rings is 2. The lowest BCUT2D eigenvalue weighted by Crippen LogP contribution is -2.43. The number of para-hydroxylation sites is 2. The monoisotopic (exact) mass is 396 g/mol. The Balaban J connectivity index is 1.78. The Morgan fingerprint density at radius 2 is 1.55 bits per heavy atom. The molecule has 2 rings (SSSR count). The summed E-state index contributed by atoms with van der Waals surface area (Å²) in [7, 11) is 0. The van der Waals surface area contributed by atoms with Crippen molar-refractivity contribution < 1.29 is 19.1 Å². The number of ether oxygens (including phenoxy) is 2. The van der Waals surface area contributed by atoms with Gasteiger partial charge in [-0.3, -0.25) is 20.4 Å². The number of rotatable bonds is 7. The molecule has 0 aliphatic rings.